The minimum absolute atomic E-state index is 0.117. The summed E-state index contributed by atoms with van der Waals surface area (Å²) in [5.74, 6) is -0.758. The molecule has 108 valence electrons. The largest absolute Gasteiger partial charge is 0.334 e. The lowest BCUT2D eigenvalue weighted by molar-refractivity contribution is -0.123. The van der Waals surface area contributed by atoms with Crippen molar-refractivity contribution in [1.29, 1.82) is 0 Å². The summed E-state index contributed by atoms with van der Waals surface area (Å²) in [5.41, 5.74) is 0. The molecule has 1 amide bonds. The van der Waals surface area contributed by atoms with Crippen LogP contribution in [0.3, 0.4) is 0 Å². The smallest absolute Gasteiger partial charge is 0.283 e. The van der Waals surface area contributed by atoms with Gasteiger partial charge in [0.25, 0.3) is 10.0 Å². The molecule has 7 heteroatoms. The number of nitrogens with one attached hydrogen (secondary N) is 1. The van der Waals surface area contributed by atoms with E-state index < -0.39 is 15.9 Å². The van der Waals surface area contributed by atoms with Gasteiger partial charge in [0.1, 0.15) is 0 Å². The molecule has 1 heterocycles. The fourth-order valence-electron chi connectivity index (χ4n) is 1.67. The molecule has 0 unspecified atom stereocenters. The average molecular weight is 287 g/mol. The topological polar surface area (TPSA) is 81.1 Å². The lowest BCUT2D eigenvalue weighted by Crippen LogP contribution is -2.35. The Morgan fingerprint density at radius 3 is 2.37 bits per heavy atom. The zero-order valence-corrected chi connectivity index (χ0v) is 12.6. The van der Waals surface area contributed by atoms with Crippen LogP contribution < -0.4 is 4.72 Å². The molecule has 1 rings (SSSR count). The zero-order valence-electron chi connectivity index (χ0n) is 11.8. The lowest BCUT2D eigenvalue weighted by Gasteiger charge is -2.11. The van der Waals surface area contributed by atoms with Crippen molar-refractivity contribution in [1.82, 2.24) is 14.3 Å². The standard InChI is InChI=1S/C12H21N3O3S/c1-5-10(6-2)12(16)14-19(17,18)11-7-15(8-13-11)9(3)4/h7-10H,5-6H2,1-4H3,(H,14,16). The highest BCUT2D eigenvalue weighted by Crippen LogP contribution is 2.12. The van der Waals surface area contributed by atoms with Gasteiger partial charge >= 0.3 is 0 Å². The highest BCUT2D eigenvalue weighted by molar-refractivity contribution is 7.90. The number of carbonyl (C=O) groups excluding carboxylic acids is 1. The Bertz CT molecular complexity index is 530. The predicted molar refractivity (Wildman–Crippen MR) is 72.0 cm³/mol. The van der Waals surface area contributed by atoms with Crippen molar-refractivity contribution in [2.24, 2.45) is 5.92 Å². The third kappa shape index (κ3) is 3.79. The predicted octanol–water partition coefficient (Wildman–Crippen LogP) is 1.71. The molecule has 0 atom stereocenters. The maximum absolute atomic E-state index is 12.0. The van der Waals surface area contributed by atoms with Crippen molar-refractivity contribution in [3.63, 3.8) is 0 Å². The molecule has 0 aromatic carbocycles. The van der Waals surface area contributed by atoms with Crippen LogP contribution >= 0.6 is 0 Å². The van der Waals surface area contributed by atoms with Crippen LogP contribution in [0.25, 0.3) is 0 Å². The van der Waals surface area contributed by atoms with Crippen molar-refractivity contribution < 1.29 is 13.2 Å². The molecular formula is C12H21N3O3S. The lowest BCUT2D eigenvalue weighted by atomic mass is 10.0. The van der Waals surface area contributed by atoms with Crippen molar-refractivity contribution in [2.45, 2.75) is 51.6 Å². The van der Waals surface area contributed by atoms with E-state index in [-0.39, 0.29) is 17.0 Å². The van der Waals surface area contributed by atoms with Gasteiger partial charge in [-0.2, -0.15) is 8.42 Å². The first-order valence-corrected chi connectivity index (χ1v) is 7.90. The molecule has 0 aliphatic heterocycles. The summed E-state index contributed by atoms with van der Waals surface area (Å²) < 4.78 is 27.8. The Labute approximate surface area is 114 Å². The molecule has 0 saturated heterocycles. The van der Waals surface area contributed by atoms with Crippen molar-refractivity contribution in [2.75, 3.05) is 0 Å². The summed E-state index contributed by atoms with van der Waals surface area (Å²) in [5, 5.41) is -0.125. The molecule has 0 fully saturated rings. The monoisotopic (exact) mass is 287 g/mol. The van der Waals surface area contributed by atoms with Crippen molar-refractivity contribution in [3.05, 3.63) is 12.5 Å². The molecule has 1 aromatic rings. The third-order valence-electron chi connectivity index (χ3n) is 3.04. The van der Waals surface area contributed by atoms with Gasteiger partial charge in [-0.1, -0.05) is 13.8 Å². The van der Waals surface area contributed by atoms with Crippen LogP contribution in [0.2, 0.25) is 0 Å². The minimum atomic E-state index is -3.87. The first kappa shape index (κ1) is 15.7. The molecular weight excluding hydrogens is 266 g/mol. The van der Waals surface area contributed by atoms with E-state index in [4.69, 9.17) is 0 Å². The summed E-state index contributed by atoms with van der Waals surface area (Å²) in [6.45, 7) is 7.55. The van der Waals surface area contributed by atoms with E-state index in [0.29, 0.717) is 12.8 Å². The number of aromatic nitrogens is 2. The molecule has 0 aliphatic carbocycles. The van der Waals surface area contributed by atoms with Crippen molar-refractivity contribution in [3.8, 4) is 0 Å². The molecule has 6 nitrogen and oxygen atoms in total. The van der Waals surface area contributed by atoms with Gasteiger partial charge in [0.2, 0.25) is 5.91 Å². The van der Waals surface area contributed by atoms with E-state index in [1.165, 1.54) is 12.5 Å². The first-order chi connectivity index (χ1) is 8.81. The van der Waals surface area contributed by atoms with Crippen LogP contribution in [0.4, 0.5) is 0 Å². The molecule has 0 saturated carbocycles. The SMILES string of the molecule is CCC(CC)C(=O)NS(=O)(=O)c1cn(C(C)C)cn1. The molecule has 0 spiro atoms. The minimum Gasteiger partial charge on any atom is -0.334 e. The van der Waals surface area contributed by atoms with Gasteiger partial charge in [-0.05, 0) is 26.7 Å². The summed E-state index contributed by atoms with van der Waals surface area (Å²) in [4.78, 5) is 15.6. The normalized spacial score (nSPS) is 12.1. The van der Waals surface area contributed by atoms with Crippen molar-refractivity contribution >= 4 is 15.9 Å². The van der Waals surface area contributed by atoms with E-state index in [0.717, 1.165) is 0 Å². The van der Waals surface area contributed by atoms with Crippen LogP contribution in [-0.2, 0) is 14.8 Å². The first-order valence-electron chi connectivity index (χ1n) is 6.41. The van der Waals surface area contributed by atoms with Gasteiger partial charge in [-0.25, -0.2) is 9.71 Å². The summed E-state index contributed by atoms with van der Waals surface area (Å²) in [7, 11) is -3.87. The fourth-order valence-corrected chi connectivity index (χ4v) is 2.65. The number of sulfonamides is 1. The maximum atomic E-state index is 12.0. The van der Waals surface area contributed by atoms with Crippen LogP contribution in [0.5, 0.6) is 0 Å². The van der Waals surface area contributed by atoms with Crippen LogP contribution in [0.15, 0.2) is 17.6 Å². The number of imidazole rings is 1. The molecule has 1 aromatic heterocycles. The van der Waals surface area contributed by atoms with Gasteiger partial charge in [0.15, 0.2) is 5.03 Å². The molecule has 1 N–H and O–H groups in total. The van der Waals surface area contributed by atoms with Crippen LogP contribution in [-0.4, -0.2) is 23.9 Å². The Hall–Kier alpha value is -1.37. The van der Waals surface area contributed by atoms with Crippen LogP contribution in [0.1, 0.15) is 46.6 Å². The van der Waals surface area contributed by atoms with E-state index in [2.05, 4.69) is 9.71 Å². The highest BCUT2D eigenvalue weighted by Gasteiger charge is 2.24. The zero-order chi connectivity index (χ0) is 14.6. The van der Waals surface area contributed by atoms with E-state index in [1.807, 2.05) is 27.7 Å². The number of nitrogens with zero attached hydrogens (tertiary/aromatic N) is 2. The Morgan fingerprint density at radius 2 is 1.95 bits per heavy atom. The van der Waals surface area contributed by atoms with Gasteiger partial charge in [-0.3, -0.25) is 4.79 Å². The number of carbonyl (C=O) groups is 1. The maximum Gasteiger partial charge on any atom is 0.283 e. The Balaban J connectivity index is 2.89. The quantitative estimate of drug-likeness (QED) is 0.863. The van der Waals surface area contributed by atoms with Gasteiger partial charge in [-0.15, -0.1) is 0 Å². The Morgan fingerprint density at radius 1 is 1.37 bits per heavy atom. The molecule has 0 bridgehead atoms. The highest BCUT2D eigenvalue weighted by atomic mass is 32.2. The summed E-state index contributed by atoms with van der Waals surface area (Å²) >= 11 is 0. The van der Waals surface area contributed by atoms with E-state index >= 15 is 0 Å². The number of hydrogen-bond donors (Lipinski definition) is 1. The third-order valence-corrected chi connectivity index (χ3v) is 4.27. The second-order valence-electron chi connectivity index (χ2n) is 4.74. The second-order valence-corrected chi connectivity index (χ2v) is 6.37. The Kier molecular flexibility index (Phi) is 5.11. The average Bonchev–Trinajstić information content (AvgIpc) is 2.79. The number of rotatable bonds is 6. The molecule has 19 heavy (non-hydrogen) atoms. The van der Waals surface area contributed by atoms with Gasteiger partial charge in [0, 0.05) is 18.2 Å². The number of amides is 1. The second kappa shape index (κ2) is 6.18. The van der Waals surface area contributed by atoms with Crippen LogP contribution in [0, 0.1) is 5.92 Å². The number of hydrogen-bond acceptors (Lipinski definition) is 4. The van der Waals surface area contributed by atoms with E-state index in [1.54, 1.807) is 4.57 Å². The van der Waals surface area contributed by atoms with Gasteiger partial charge in [0.05, 0.1) is 6.33 Å². The molecule has 0 radical (unpaired) electrons. The van der Waals surface area contributed by atoms with E-state index in [9.17, 15) is 13.2 Å². The van der Waals surface area contributed by atoms with Gasteiger partial charge < -0.3 is 4.57 Å². The fraction of sp³-hybridized carbons (Fsp3) is 0.667. The summed E-state index contributed by atoms with van der Waals surface area (Å²) in [6.07, 6.45) is 4.09. The summed E-state index contributed by atoms with van der Waals surface area (Å²) in [6, 6.07) is 0.117. The molecule has 0 aliphatic rings.